The number of likely N-dealkylation sites (tertiary alicyclic amines) is 1. The van der Waals surface area contributed by atoms with Gasteiger partial charge < -0.3 is 25.5 Å². The number of alkyl halides is 3. The first kappa shape index (κ1) is 23.5. The Kier molecular flexibility index (Phi) is 7.65. The Bertz CT molecular complexity index is 760. The molecule has 1 aromatic carbocycles. The smallest absolute Gasteiger partial charge is 0.475 e. The maximum Gasteiger partial charge on any atom is 0.490 e. The number of rotatable bonds is 2. The van der Waals surface area contributed by atoms with Crippen molar-refractivity contribution in [2.24, 2.45) is 5.41 Å². The number of carboxylic acid groups (broad SMARTS) is 1. The van der Waals surface area contributed by atoms with Crippen LogP contribution in [0.3, 0.4) is 0 Å². The molecule has 2 heterocycles. The summed E-state index contributed by atoms with van der Waals surface area (Å²) >= 11 is 0. The van der Waals surface area contributed by atoms with Gasteiger partial charge in [-0.2, -0.15) is 13.2 Å². The molecule has 11 heteroatoms. The van der Waals surface area contributed by atoms with Crippen LogP contribution < -0.4 is 10.6 Å². The Morgan fingerprint density at radius 2 is 1.87 bits per heavy atom. The molecule has 0 bridgehead atoms. The summed E-state index contributed by atoms with van der Waals surface area (Å²) in [4.78, 5) is 37.3. The molecule has 0 saturated carbocycles. The summed E-state index contributed by atoms with van der Waals surface area (Å²) in [7, 11) is 0. The molecule has 1 spiro atoms. The average Bonchev–Trinajstić information content (AvgIpc) is 2.85. The molecule has 2 fully saturated rings. The number of carbonyl (C=O) groups is 3. The van der Waals surface area contributed by atoms with Gasteiger partial charge in [0.15, 0.2) is 0 Å². The lowest BCUT2D eigenvalue weighted by molar-refractivity contribution is -0.192. The summed E-state index contributed by atoms with van der Waals surface area (Å²) in [6.45, 7) is 6.26. The van der Waals surface area contributed by atoms with E-state index in [-0.39, 0.29) is 17.4 Å². The fraction of sp³-hybridized carbons (Fsp3) is 0.526. The third kappa shape index (κ3) is 6.34. The van der Waals surface area contributed by atoms with Crippen molar-refractivity contribution in [2.75, 3.05) is 44.6 Å². The van der Waals surface area contributed by atoms with E-state index >= 15 is 0 Å². The molecule has 1 unspecified atom stereocenters. The molecule has 2 saturated heterocycles. The number of aliphatic carboxylic acids is 1. The van der Waals surface area contributed by atoms with Crippen molar-refractivity contribution in [1.29, 1.82) is 0 Å². The highest BCUT2D eigenvalue weighted by atomic mass is 19.4. The Morgan fingerprint density at radius 1 is 1.23 bits per heavy atom. The van der Waals surface area contributed by atoms with E-state index < -0.39 is 12.1 Å². The minimum absolute atomic E-state index is 0.0957. The second-order valence-corrected chi connectivity index (χ2v) is 7.28. The van der Waals surface area contributed by atoms with Crippen molar-refractivity contribution in [3.63, 3.8) is 0 Å². The number of nitrogens with zero attached hydrogens (tertiary/aromatic N) is 2. The van der Waals surface area contributed by atoms with Crippen LogP contribution in [0.1, 0.15) is 13.3 Å². The van der Waals surface area contributed by atoms with Crippen LogP contribution >= 0.6 is 0 Å². The zero-order valence-electron chi connectivity index (χ0n) is 16.5. The molecule has 2 aliphatic heterocycles. The number of carbonyl (C=O) groups excluding carboxylic acids is 2. The van der Waals surface area contributed by atoms with Gasteiger partial charge in [0.1, 0.15) is 0 Å². The third-order valence-corrected chi connectivity index (χ3v) is 4.93. The zero-order chi connectivity index (χ0) is 22.4. The number of para-hydroxylation sites is 1. The number of benzene rings is 1. The van der Waals surface area contributed by atoms with Crippen molar-refractivity contribution in [3.8, 4) is 0 Å². The monoisotopic (exact) mass is 430 g/mol. The quantitative estimate of drug-likeness (QED) is 0.666. The molecule has 1 aromatic rings. The molecule has 3 N–H and O–H groups in total. The van der Waals surface area contributed by atoms with E-state index in [2.05, 4.69) is 10.6 Å². The minimum atomic E-state index is -5.08. The Hall–Kier alpha value is -2.82. The van der Waals surface area contributed by atoms with Gasteiger partial charge in [-0.05, 0) is 19.1 Å². The van der Waals surface area contributed by atoms with Gasteiger partial charge in [0.05, 0.1) is 0 Å². The lowest BCUT2D eigenvalue weighted by Crippen LogP contribution is -2.45. The van der Waals surface area contributed by atoms with E-state index in [1.54, 1.807) is 0 Å². The molecular weight excluding hydrogens is 405 g/mol. The van der Waals surface area contributed by atoms with E-state index in [0.29, 0.717) is 19.5 Å². The molecule has 8 nitrogen and oxygen atoms in total. The predicted molar refractivity (Wildman–Crippen MR) is 103 cm³/mol. The number of urea groups is 1. The SMILES string of the molecule is CCN1CC2(CNCCN(C(=O)Nc3ccccc3)C2)CC1=O.O=C(O)C(F)(F)F. The Labute approximate surface area is 172 Å². The molecule has 3 amide bonds. The first-order valence-electron chi connectivity index (χ1n) is 9.46. The number of carboxylic acids is 1. The summed E-state index contributed by atoms with van der Waals surface area (Å²) in [5, 5.41) is 13.5. The van der Waals surface area contributed by atoms with Crippen molar-refractivity contribution in [1.82, 2.24) is 15.1 Å². The highest BCUT2D eigenvalue weighted by Crippen LogP contribution is 2.33. The predicted octanol–water partition coefficient (Wildman–Crippen LogP) is 2.00. The second kappa shape index (κ2) is 9.79. The first-order valence-corrected chi connectivity index (χ1v) is 9.46. The summed E-state index contributed by atoms with van der Waals surface area (Å²) < 4.78 is 31.7. The van der Waals surface area contributed by atoms with Crippen LogP contribution in [-0.4, -0.2) is 78.3 Å². The third-order valence-electron chi connectivity index (χ3n) is 4.93. The summed E-state index contributed by atoms with van der Waals surface area (Å²) in [5.41, 5.74) is 0.624. The number of anilines is 1. The van der Waals surface area contributed by atoms with Gasteiger partial charge in [0.2, 0.25) is 5.91 Å². The van der Waals surface area contributed by atoms with Crippen molar-refractivity contribution < 1.29 is 32.7 Å². The fourth-order valence-corrected chi connectivity index (χ4v) is 3.50. The summed E-state index contributed by atoms with van der Waals surface area (Å²) in [5.74, 6) is -2.56. The topological polar surface area (TPSA) is 102 Å². The van der Waals surface area contributed by atoms with Crippen molar-refractivity contribution in [3.05, 3.63) is 30.3 Å². The van der Waals surface area contributed by atoms with E-state index in [9.17, 15) is 22.8 Å². The van der Waals surface area contributed by atoms with E-state index in [1.807, 2.05) is 47.1 Å². The summed E-state index contributed by atoms with van der Waals surface area (Å²) in [6.07, 6.45) is -4.57. The number of halogens is 3. The van der Waals surface area contributed by atoms with E-state index in [1.165, 1.54) is 0 Å². The molecule has 3 rings (SSSR count). The Morgan fingerprint density at radius 3 is 2.40 bits per heavy atom. The van der Waals surface area contributed by atoms with E-state index in [4.69, 9.17) is 9.90 Å². The van der Waals surface area contributed by atoms with Crippen LogP contribution in [0, 0.1) is 5.41 Å². The number of hydrogen-bond acceptors (Lipinski definition) is 4. The summed E-state index contributed by atoms with van der Waals surface area (Å²) in [6, 6.07) is 9.38. The maximum atomic E-state index is 12.6. The van der Waals surface area contributed by atoms with Gasteiger partial charge in [-0.3, -0.25) is 4.79 Å². The van der Waals surface area contributed by atoms with Crippen LogP contribution in [0.4, 0.5) is 23.7 Å². The second-order valence-electron chi connectivity index (χ2n) is 7.28. The average molecular weight is 430 g/mol. The van der Waals surface area contributed by atoms with Crippen LogP contribution in [0.5, 0.6) is 0 Å². The molecule has 30 heavy (non-hydrogen) atoms. The number of amides is 3. The van der Waals surface area contributed by atoms with Gasteiger partial charge in [-0.15, -0.1) is 0 Å². The maximum absolute atomic E-state index is 12.6. The molecule has 0 aliphatic carbocycles. The standard InChI is InChI=1S/C17H24N4O2.C2HF3O2/c1-2-20-12-17(10-15(20)22)11-18-8-9-21(13-17)16(23)19-14-6-4-3-5-7-14;3-2(4,5)1(6)7/h3-7,18H,2,8-13H2,1H3,(H,19,23);(H,6,7). The van der Waals surface area contributed by atoms with Gasteiger partial charge in [0, 0.05) is 56.8 Å². The lowest BCUT2D eigenvalue weighted by Gasteiger charge is -2.31. The lowest BCUT2D eigenvalue weighted by atomic mass is 9.86. The van der Waals surface area contributed by atoms with Crippen LogP contribution in [0.2, 0.25) is 0 Å². The fourth-order valence-electron chi connectivity index (χ4n) is 3.50. The highest BCUT2D eigenvalue weighted by molar-refractivity contribution is 5.89. The van der Waals surface area contributed by atoms with Crippen molar-refractivity contribution >= 4 is 23.6 Å². The van der Waals surface area contributed by atoms with Crippen LogP contribution in [0.25, 0.3) is 0 Å². The van der Waals surface area contributed by atoms with Crippen LogP contribution in [0.15, 0.2) is 30.3 Å². The van der Waals surface area contributed by atoms with Gasteiger partial charge in [-0.25, -0.2) is 9.59 Å². The molecular formula is C19H25F3N4O4. The molecule has 2 aliphatic rings. The van der Waals surface area contributed by atoms with Crippen molar-refractivity contribution in [2.45, 2.75) is 19.5 Å². The minimum Gasteiger partial charge on any atom is -0.475 e. The highest BCUT2D eigenvalue weighted by Gasteiger charge is 2.45. The Balaban J connectivity index is 0.000000396. The van der Waals surface area contributed by atoms with E-state index in [0.717, 1.165) is 31.9 Å². The van der Waals surface area contributed by atoms with Crippen LogP contribution in [-0.2, 0) is 9.59 Å². The molecule has 0 aromatic heterocycles. The largest absolute Gasteiger partial charge is 0.490 e. The first-order chi connectivity index (χ1) is 14.1. The number of hydrogen-bond donors (Lipinski definition) is 3. The normalized spacial score (nSPS) is 21.7. The molecule has 1 atom stereocenters. The van der Waals surface area contributed by atoms with Gasteiger partial charge in [-0.1, -0.05) is 18.2 Å². The molecule has 0 radical (unpaired) electrons. The molecule has 166 valence electrons. The zero-order valence-corrected chi connectivity index (χ0v) is 16.5. The van der Waals surface area contributed by atoms with Gasteiger partial charge >= 0.3 is 18.2 Å². The number of nitrogens with one attached hydrogen (secondary N) is 2. The van der Waals surface area contributed by atoms with Gasteiger partial charge in [0.25, 0.3) is 0 Å².